The molecule has 1 N–H and O–H groups in total. The lowest BCUT2D eigenvalue weighted by Crippen LogP contribution is -2.49. The summed E-state index contributed by atoms with van der Waals surface area (Å²) in [7, 11) is 0. The summed E-state index contributed by atoms with van der Waals surface area (Å²) in [5.41, 5.74) is 0.739. The summed E-state index contributed by atoms with van der Waals surface area (Å²) in [5, 5.41) is 10.9. The normalized spacial score (nSPS) is 21.6. The highest BCUT2D eigenvalue weighted by Gasteiger charge is 2.39. The summed E-state index contributed by atoms with van der Waals surface area (Å²) in [6, 6.07) is 11.7. The molecule has 2 atom stereocenters. The van der Waals surface area contributed by atoms with E-state index >= 15 is 0 Å². The quantitative estimate of drug-likeness (QED) is 0.682. The first-order chi connectivity index (χ1) is 15.5. The second-order valence-electron chi connectivity index (χ2n) is 8.01. The van der Waals surface area contributed by atoms with Crippen LogP contribution in [0.1, 0.15) is 18.9 Å². The van der Waals surface area contributed by atoms with Crippen LogP contribution in [0.5, 0.6) is 11.5 Å². The number of aromatic hydroxyl groups is 1. The van der Waals surface area contributed by atoms with Crippen molar-refractivity contribution in [2.24, 2.45) is 0 Å². The van der Waals surface area contributed by atoms with E-state index in [0.717, 1.165) is 10.5 Å². The van der Waals surface area contributed by atoms with Crippen molar-refractivity contribution in [3.05, 3.63) is 53.8 Å². The van der Waals surface area contributed by atoms with Crippen LogP contribution in [0.15, 0.2) is 47.4 Å². The Balaban J connectivity index is 1.53. The van der Waals surface area contributed by atoms with Crippen molar-refractivity contribution in [3.8, 4) is 11.5 Å². The van der Waals surface area contributed by atoms with Crippen molar-refractivity contribution < 1.29 is 23.8 Å². The molecule has 2 saturated heterocycles. The highest BCUT2D eigenvalue weighted by Crippen LogP contribution is 2.37. The molecule has 0 aromatic heterocycles. The number of hydrogen-bond donors (Lipinski definition) is 1. The van der Waals surface area contributed by atoms with E-state index in [1.807, 2.05) is 24.0 Å². The molecule has 0 spiro atoms. The molecular weight excluding hydrogens is 431 g/mol. The Kier molecular flexibility index (Phi) is 7.55. The second-order valence-corrected chi connectivity index (χ2v) is 9.38. The molecule has 0 saturated carbocycles. The van der Waals surface area contributed by atoms with Gasteiger partial charge in [0.2, 0.25) is 5.91 Å². The Hall–Kier alpha value is -2.29. The molecule has 2 fully saturated rings. The third kappa shape index (κ3) is 5.36. The molecule has 172 valence electrons. The molecule has 2 aliphatic rings. The van der Waals surface area contributed by atoms with Crippen LogP contribution >= 0.6 is 11.8 Å². The van der Waals surface area contributed by atoms with Crippen molar-refractivity contribution >= 4 is 17.7 Å². The minimum absolute atomic E-state index is 0.107. The zero-order valence-corrected chi connectivity index (χ0v) is 19.0. The van der Waals surface area contributed by atoms with Gasteiger partial charge in [0, 0.05) is 41.9 Å². The maximum atomic E-state index is 13.4. The number of phenolic OH excluding ortho intramolecular Hbond substituents is 1. The average molecular weight is 461 g/mol. The van der Waals surface area contributed by atoms with Gasteiger partial charge in [0.25, 0.3) is 0 Å². The third-order valence-electron chi connectivity index (χ3n) is 5.85. The number of phenols is 1. The van der Waals surface area contributed by atoms with E-state index in [2.05, 4.69) is 4.90 Å². The van der Waals surface area contributed by atoms with E-state index in [1.54, 1.807) is 30.0 Å². The Morgan fingerprint density at radius 3 is 2.69 bits per heavy atom. The van der Waals surface area contributed by atoms with Gasteiger partial charge >= 0.3 is 0 Å². The summed E-state index contributed by atoms with van der Waals surface area (Å²) >= 11 is 1.67. The molecule has 1 amide bonds. The standard InChI is InChI=1S/C24H29FN2O4S/c1-2-31-22-5-3-4-17(23(22)28)15-27-16-20(32-19-8-6-18(25)7-9-19)14-21(27)24(29)26-10-12-30-13-11-26/h3-9,20-21,28H,2,10-16H2,1H3/t20-,21+/m1/s1. The minimum Gasteiger partial charge on any atom is -0.504 e. The zero-order chi connectivity index (χ0) is 22.5. The largest absolute Gasteiger partial charge is 0.504 e. The van der Waals surface area contributed by atoms with Crippen LogP contribution in [0.4, 0.5) is 4.39 Å². The van der Waals surface area contributed by atoms with Gasteiger partial charge in [-0.1, -0.05) is 12.1 Å². The van der Waals surface area contributed by atoms with Gasteiger partial charge in [-0.25, -0.2) is 4.39 Å². The number of benzene rings is 2. The van der Waals surface area contributed by atoms with E-state index in [4.69, 9.17) is 9.47 Å². The molecule has 0 unspecified atom stereocenters. The summed E-state index contributed by atoms with van der Waals surface area (Å²) in [5.74, 6) is 0.433. The van der Waals surface area contributed by atoms with Crippen LogP contribution in [0.25, 0.3) is 0 Å². The van der Waals surface area contributed by atoms with Crippen LogP contribution in [-0.2, 0) is 16.1 Å². The number of hydrogen-bond acceptors (Lipinski definition) is 6. The maximum absolute atomic E-state index is 13.4. The van der Waals surface area contributed by atoms with Crippen molar-refractivity contribution in [2.75, 3.05) is 39.5 Å². The molecule has 2 aromatic carbocycles. The molecule has 2 aromatic rings. The van der Waals surface area contributed by atoms with Crippen LogP contribution in [0, 0.1) is 5.82 Å². The van der Waals surface area contributed by atoms with E-state index in [9.17, 15) is 14.3 Å². The summed E-state index contributed by atoms with van der Waals surface area (Å²) in [4.78, 5) is 18.4. The fourth-order valence-corrected chi connectivity index (χ4v) is 5.49. The zero-order valence-electron chi connectivity index (χ0n) is 18.2. The predicted octanol–water partition coefficient (Wildman–Crippen LogP) is 3.52. The number of likely N-dealkylation sites (tertiary alicyclic amines) is 1. The van der Waals surface area contributed by atoms with E-state index in [1.165, 1.54) is 12.1 Å². The minimum atomic E-state index is -0.277. The van der Waals surface area contributed by atoms with Crippen molar-refractivity contribution in [2.45, 2.75) is 36.1 Å². The third-order valence-corrected chi connectivity index (χ3v) is 7.06. The number of halogens is 1. The van der Waals surface area contributed by atoms with E-state index in [0.29, 0.717) is 58.2 Å². The first-order valence-corrected chi connectivity index (χ1v) is 11.9. The van der Waals surface area contributed by atoms with Gasteiger partial charge in [0.15, 0.2) is 11.5 Å². The van der Waals surface area contributed by atoms with Crippen LogP contribution in [0.2, 0.25) is 0 Å². The number of rotatable bonds is 7. The number of nitrogens with zero attached hydrogens (tertiary/aromatic N) is 2. The molecule has 0 aliphatic carbocycles. The van der Waals surface area contributed by atoms with E-state index in [-0.39, 0.29) is 28.8 Å². The van der Waals surface area contributed by atoms with Gasteiger partial charge in [-0.15, -0.1) is 11.8 Å². The molecule has 4 rings (SSSR count). The molecular formula is C24H29FN2O4S. The molecule has 32 heavy (non-hydrogen) atoms. The number of ether oxygens (including phenoxy) is 2. The van der Waals surface area contributed by atoms with Gasteiger partial charge in [-0.05, 0) is 43.7 Å². The van der Waals surface area contributed by atoms with Gasteiger partial charge in [-0.2, -0.15) is 0 Å². The lowest BCUT2D eigenvalue weighted by Gasteiger charge is -2.32. The fraction of sp³-hybridized carbons (Fsp3) is 0.458. The molecule has 8 heteroatoms. The topological polar surface area (TPSA) is 62.2 Å². The number of para-hydroxylation sites is 1. The van der Waals surface area contributed by atoms with Crippen LogP contribution < -0.4 is 4.74 Å². The molecule has 2 aliphatic heterocycles. The predicted molar refractivity (Wildman–Crippen MR) is 122 cm³/mol. The molecule has 2 heterocycles. The van der Waals surface area contributed by atoms with Crippen molar-refractivity contribution in [1.29, 1.82) is 0 Å². The average Bonchev–Trinajstić information content (AvgIpc) is 3.20. The van der Waals surface area contributed by atoms with Gasteiger partial charge < -0.3 is 19.5 Å². The fourth-order valence-electron chi connectivity index (χ4n) is 4.26. The monoisotopic (exact) mass is 460 g/mol. The molecule has 0 bridgehead atoms. The summed E-state index contributed by atoms with van der Waals surface area (Å²) in [6.07, 6.45) is 0.699. The second kappa shape index (κ2) is 10.6. The van der Waals surface area contributed by atoms with Crippen molar-refractivity contribution in [1.82, 2.24) is 9.80 Å². The number of amides is 1. The lowest BCUT2D eigenvalue weighted by atomic mass is 10.1. The Bertz CT molecular complexity index is 921. The van der Waals surface area contributed by atoms with Gasteiger partial charge in [-0.3, -0.25) is 9.69 Å². The Labute approximate surface area is 192 Å². The highest BCUT2D eigenvalue weighted by molar-refractivity contribution is 8.00. The smallest absolute Gasteiger partial charge is 0.240 e. The molecule has 0 radical (unpaired) electrons. The van der Waals surface area contributed by atoms with Crippen LogP contribution in [0.3, 0.4) is 0 Å². The maximum Gasteiger partial charge on any atom is 0.240 e. The van der Waals surface area contributed by atoms with Crippen LogP contribution in [-0.4, -0.2) is 71.6 Å². The number of morpholine rings is 1. The first kappa shape index (κ1) is 22.9. The Morgan fingerprint density at radius 2 is 1.97 bits per heavy atom. The Morgan fingerprint density at radius 1 is 1.22 bits per heavy atom. The summed E-state index contributed by atoms with van der Waals surface area (Å²) < 4.78 is 24.2. The first-order valence-electron chi connectivity index (χ1n) is 11.0. The van der Waals surface area contributed by atoms with E-state index < -0.39 is 0 Å². The highest BCUT2D eigenvalue weighted by atomic mass is 32.2. The van der Waals surface area contributed by atoms with Gasteiger partial charge in [0.05, 0.1) is 25.9 Å². The SMILES string of the molecule is CCOc1cccc(CN2C[C@H](Sc3ccc(F)cc3)C[C@H]2C(=O)N2CCOCC2)c1O. The van der Waals surface area contributed by atoms with Crippen molar-refractivity contribution in [3.63, 3.8) is 0 Å². The molecule has 6 nitrogen and oxygen atoms in total. The number of thioether (sulfide) groups is 1. The number of carbonyl (C=O) groups is 1. The summed E-state index contributed by atoms with van der Waals surface area (Å²) in [6.45, 7) is 5.81. The number of carbonyl (C=O) groups excluding carboxylic acids is 1. The lowest BCUT2D eigenvalue weighted by molar-refractivity contribution is -0.140. The van der Waals surface area contributed by atoms with Gasteiger partial charge in [0.1, 0.15) is 5.82 Å².